The summed E-state index contributed by atoms with van der Waals surface area (Å²) in [5.74, 6) is 0. The summed E-state index contributed by atoms with van der Waals surface area (Å²) >= 11 is 0. The van der Waals surface area contributed by atoms with E-state index in [-0.39, 0.29) is 0 Å². The smallest absolute Gasteiger partial charge is 0.138 e. The van der Waals surface area contributed by atoms with Crippen molar-refractivity contribution in [3.05, 3.63) is 23.4 Å². The first-order valence-electron chi connectivity index (χ1n) is 4.11. The molecule has 1 rings (SSSR count). The van der Waals surface area contributed by atoms with Gasteiger partial charge in [-0.05, 0) is 19.9 Å². The molecule has 0 saturated heterocycles. The van der Waals surface area contributed by atoms with Gasteiger partial charge in [-0.25, -0.2) is 4.98 Å². The number of aromatic nitrogens is 3. The molecule has 0 saturated carbocycles. The van der Waals surface area contributed by atoms with Crippen LogP contribution >= 0.6 is 0 Å². The lowest BCUT2D eigenvalue weighted by Crippen LogP contribution is -2.08. The standard InChI is InChI=1S/C9H14N4/c1-7(13(3)4)5-9-8(2)12-11-6-10-9/h5-6H,1-4H3/b7-5+. The Labute approximate surface area is 78.3 Å². The fraction of sp³-hybridized carbons (Fsp3) is 0.444. The molecule has 0 atom stereocenters. The van der Waals surface area contributed by atoms with Crippen LogP contribution < -0.4 is 0 Å². The molecule has 0 radical (unpaired) electrons. The average molecular weight is 178 g/mol. The second kappa shape index (κ2) is 3.98. The Morgan fingerprint density at radius 3 is 2.69 bits per heavy atom. The molecule has 0 amide bonds. The van der Waals surface area contributed by atoms with Gasteiger partial charge in [0.2, 0.25) is 0 Å². The zero-order valence-electron chi connectivity index (χ0n) is 8.44. The predicted octanol–water partition coefficient (Wildman–Crippen LogP) is 1.10. The lowest BCUT2D eigenvalue weighted by Gasteiger charge is -2.12. The Morgan fingerprint density at radius 2 is 2.15 bits per heavy atom. The van der Waals surface area contributed by atoms with Gasteiger partial charge in [0, 0.05) is 19.8 Å². The highest BCUT2D eigenvalue weighted by atomic mass is 15.1. The predicted molar refractivity (Wildman–Crippen MR) is 51.9 cm³/mol. The van der Waals surface area contributed by atoms with Crippen molar-refractivity contribution in [2.24, 2.45) is 0 Å². The SMILES string of the molecule is C/C(=C\c1ncnnc1C)N(C)C. The number of allylic oxidation sites excluding steroid dienone is 1. The molecule has 1 aromatic rings. The number of hydrogen-bond acceptors (Lipinski definition) is 4. The van der Waals surface area contributed by atoms with Crippen molar-refractivity contribution < 1.29 is 0 Å². The maximum Gasteiger partial charge on any atom is 0.138 e. The molecule has 4 nitrogen and oxygen atoms in total. The van der Waals surface area contributed by atoms with Gasteiger partial charge in [-0.2, -0.15) is 5.10 Å². The molecule has 0 bridgehead atoms. The van der Waals surface area contributed by atoms with E-state index < -0.39 is 0 Å². The molecule has 0 aliphatic rings. The molecule has 0 fully saturated rings. The van der Waals surface area contributed by atoms with Gasteiger partial charge < -0.3 is 4.90 Å². The minimum Gasteiger partial charge on any atom is -0.381 e. The Balaban J connectivity index is 2.97. The third-order valence-electron chi connectivity index (χ3n) is 1.88. The molecular formula is C9H14N4. The molecule has 1 aromatic heterocycles. The van der Waals surface area contributed by atoms with Gasteiger partial charge in [-0.15, -0.1) is 5.10 Å². The third kappa shape index (κ3) is 2.50. The normalized spacial score (nSPS) is 11.5. The summed E-state index contributed by atoms with van der Waals surface area (Å²) in [5, 5.41) is 7.61. The lowest BCUT2D eigenvalue weighted by atomic mass is 10.3. The van der Waals surface area contributed by atoms with E-state index in [1.54, 1.807) is 0 Å². The van der Waals surface area contributed by atoms with Crippen molar-refractivity contribution in [2.75, 3.05) is 14.1 Å². The Kier molecular flexibility index (Phi) is 2.95. The van der Waals surface area contributed by atoms with Crippen molar-refractivity contribution in [3.8, 4) is 0 Å². The van der Waals surface area contributed by atoms with Crippen LogP contribution in [0.1, 0.15) is 18.3 Å². The maximum atomic E-state index is 4.12. The van der Waals surface area contributed by atoms with Gasteiger partial charge in [0.15, 0.2) is 0 Å². The fourth-order valence-electron chi connectivity index (χ4n) is 0.814. The van der Waals surface area contributed by atoms with E-state index in [9.17, 15) is 0 Å². The van der Waals surface area contributed by atoms with Crippen LogP contribution in [-0.4, -0.2) is 34.2 Å². The highest BCUT2D eigenvalue weighted by molar-refractivity contribution is 5.49. The molecular weight excluding hydrogens is 164 g/mol. The van der Waals surface area contributed by atoms with Crippen molar-refractivity contribution in [1.29, 1.82) is 0 Å². The van der Waals surface area contributed by atoms with Crippen molar-refractivity contribution in [2.45, 2.75) is 13.8 Å². The Morgan fingerprint density at radius 1 is 1.46 bits per heavy atom. The van der Waals surface area contributed by atoms with Gasteiger partial charge in [-0.3, -0.25) is 0 Å². The van der Waals surface area contributed by atoms with E-state index in [0.717, 1.165) is 17.1 Å². The summed E-state index contributed by atoms with van der Waals surface area (Å²) in [6.07, 6.45) is 3.45. The van der Waals surface area contributed by atoms with Gasteiger partial charge in [0.25, 0.3) is 0 Å². The monoisotopic (exact) mass is 178 g/mol. The summed E-state index contributed by atoms with van der Waals surface area (Å²) in [5.41, 5.74) is 2.87. The van der Waals surface area contributed by atoms with E-state index in [4.69, 9.17) is 0 Å². The first kappa shape index (κ1) is 9.64. The topological polar surface area (TPSA) is 41.9 Å². The quantitative estimate of drug-likeness (QED) is 0.680. The second-order valence-electron chi connectivity index (χ2n) is 3.11. The fourth-order valence-corrected chi connectivity index (χ4v) is 0.814. The third-order valence-corrected chi connectivity index (χ3v) is 1.88. The zero-order chi connectivity index (χ0) is 9.84. The summed E-state index contributed by atoms with van der Waals surface area (Å²) in [7, 11) is 3.99. The van der Waals surface area contributed by atoms with E-state index >= 15 is 0 Å². The first-order valence-corrected chi connectivity index (χ1v) is 4.11. The largest absolute Gasteiger partial charge is 0.381 e. The van der Waals surface area contributed by atoms with E-state index in [0.29, 0.717) is 0 Å². The molecule has 0 N–H and O–H groups in total. The Hall–Kier alpha value is -1.45. The van der Waals surface area contributed by atoms with Crippen molar-refractivity contribution in [1.82, 2.24) is 20.1 Å². The molecule has 0 aromatic carbocycles. The summed E-state index contributed by atoms with van der Waals surface area (Å²) < 4.78 is 0. The van der Waals surface area contributed by atoms with Crippen LogP contribution in [0.5, 0.6) is 0 Å². The number of hydrogen-bond donors (Lipinski definition) is 0. The van der Waals surface area contributed by atoms with Crippen molar-refractivity contribution in [3.63, 3.8) is 0 Å². The summed E-state index contributed by atoms with van der Waals surface area (Å²) in [6, 6.07) is 0. The molecule has 70 valence electrons. The van der Waals surface area contributed by atoms with Crippen LogP contribution in [0.2, 0.25) is 0 Å². The van der Waals surface area contributed by atoms with Crippen LogP contribution in [0.3, 0.4) is 0 Å². The van der Waals surface area contributed by atoms with Gasteiger partial charge in [-0.1, -0.05) is 0 Å². The molecule has 0 aliphatic carbocycles. The molecule has 4 heteroatoms. The van der Waals surface area contributed by atoms with Gasteiger partial charge in [0.05, 0.1) is 11.4 Å². The van der Waals surface area contributed by atoms with Crippen molar-refractivity contribution >= 4 is 6.08 Å². The number of nitrogens with zero attached hydrogens (tertiary/aromatic N) is 4. The van der Waals surface area contributed by atoms with Crippen LogP contribution in [0.15, 0.2) is 12.0 Å². The van der Waals surface area contributed by atoms with Gasteiger partial charge in [0.1, 0.15) is 6.33 Å². The number of aryl methyl sites for hydroxylation is 1. The van der Waals surface area contributed by atoms with Gasteiger partial charge >= 0.3 is 0 Å². The summed E-state index contributed by atoms with van der Waals surface area (Å²) in [4.78, 5) is 6.15. The van der Waals surface area contributed by atoms with Crippen LogP contribution in [0.4, 0.5) is 0 Å². The van der Waals surface area contributed by atoms with Crippen LogP contribution in [0, 0.1) is 6.92 Å². The molecule has 0 spiro atoms. The van der Waals surface area contributed by atoms with E-state index in [1.165, 1.54) is 6.33 Å². The Bertz CT molecular complexity index is 317. The summed E-state index contributed by atoms with van der Waals surface area (Å²) in [6.45, 7) is 3.93. The second-order valence-corrected chi connectivity index (χ2v) is 3.11. The minimum atomic E-state index is 0.851. The highest BCUT2D eigenvalue weighted by Gasteiger charge is 1.98. The highest BCUT2D eigenvalue weighted by Crippen LogP contribution is 2.06. The van der Waals surface area contributed by atoms with E-state index in [1.807, 2.05) is 38.9 Å². The minimum absolute atomic E-state index is 0.851. The first-order chi connectivity index (χ1) is 6.11. The molecule has 0 aliphatic heterocycles. The zero-order valence-corrected chi connectivity index (χ0v) is 8.44. The molecule has 0 unspecified atom stereocenters. The number of rotatable bonds is 2. The molecule has 1 heterocycles. The average Bonchev–Trinajstić information content (AvgIpc) is 2.08. The van der Waals surface area contributed by atoms with Crippen LogP contribution in [-0.2, 0) is 0 Å². The maximum absolute atomic E-state index is 4.12. The van der Waals surface area contributed by atoms with Crippen LogP contribution in [0.25, 0.3) is 6.08 Å². The van der Waals surface area contributed by atoms with E-state index in [2.05, 4.69) is 15.2 Å². The molecule has 13 heavy (non-hydrogen) atoms. The lowest BCUT2D eigenvalue weighted by molar-refractivity contribution is 0.518.